The molecule has 3 N–H and O–H groups in total. The van der Waals surface area contributed by atoms with Crippen LogP contribution in [0.4, 0.5) is 0 Å². The fraction of sp³-hybridized carbons (Fsp3) is 0.929. The number of nitrogens with two attached hydrogens (primary N) is 1. The van der Waals surface area contributed by atoms with E-state index in [9.17, 15) is 4.79 Å². The van der Waals surface area contributed by atoms with E-state index in [0.717, 1.165) is 6.42 Å². The highest BCUT2D eigenvalue weighted by atomic mass is 16.4. The van der Waals surface area contributed by atoms with Gasteiger partial charge in [-0.3, -0.25) is 4.79 Å². The van der Waals surface area contributed by atoms with Gasteiger partial charge in [-0.2, -0.15) is 0 Å². The van der Waals surface area contributed by atoms with Crippen molar-refractivity contribution in [1.82, 2.24) is 0 Å². The fourth-order valence-electron chi connectivity index (χ4n) is 2.29. The summed E-state index contributed by atoms with van der Waals surface area (Å²) in [6.07, 6.45) is 8.91. The molecule has 0 heterocycles. The van der Waals surface area contributed by atoms with Gasteiger partial charge in [-0.05, 0) is 24.8 Å². The molecule has 0 aliphatic rings. The van der Waals surface area contributed by atoms with Crippen LogP contribution in [-0.2, 0) is 4.79 Å². The predicted octanol–water partition coefficient (Wildman–Crippen LogP) is 3.42. The van der Waals surface area contributed by atoms with Crippen LogP contribution in [-0.4, -0.2) is 17.6 Å². The molecule has 0 aromatic heterocycles. The molecule has 17 heavy (non-hydrogen) atoms. The third-order valence-corrected chi connectivity index (χ3v) is 3.33. The summed E-state index contributed by atoms with van der Waals surface area (Å²) in [7, 11) is 0. The van der Waals surface area contributed by atoms with Crippen LogP contribution in [0, 0.1) is 11.8 Å². The van der Waals surface area contributed by atoms with Crippen LogP contribution in [0.1, 0.15) is 65.2 Å². The lowest BCUT2D eigenvalue weighted by atomic mass is 9.89. The Balaban J connectivity index is 3.60. The fourth-order valence-corrected chi connectivity index (χ4v) is 2.29. The van der Waals surface area contributed by atoms with Crippen molar-refractivity contribution in [3.05, 3.63) is 0 Å². The Kier molecular flexibility index (Phi) is 10.2. The van der Waals surface area contributed by atoms with Crippen molar-refractivity contribution in [2.45, 2.75) is 65.2 Å². The Hall–Kier alpha value is -0.570. The second kappa shape index (κ2) is 10.6. The van der Waals surface area contributed by atoms with Gasteiger partial charge >= 0.3 is 5.97 Å². The van der Waals surface area contributed by atoms with E-state index in [2.05, 4.69) is 13.8 Å². The number of carbonyl (C=O) groups is 1. The molecule has 0 amide bonds. The third-order valence-electron chi connectivity index (χ3n) is 3.33. The zero-order chi connectivity index (χ0) is 13.1. The van der Waals surface area contributed by atoms with Crippen molar-refractivity contribution in [2.24, 2.45) is 17.6 Å². The quantitative estimate of drug-likeness (QED) is 0.546. The molecule has 0 spiro atoms. The van der Waals surface area contributed by atoms with Crippen molar-refractivity contribution in [1.29, 1.82) is 0 Å². The molecule has 0 aliphatic heterocycles. The lowest BCUT2D eigenvalue weighted by molar-refractivity contribution is -0.138. The molecule has 0 unspecified atom stereocenters. The number of unbranched alkanes of at least 4 members (excludes halogenated alkanes) is 4. The van der Waals surface area contributed by atoms with Crippen LogP contribution in [0.2, 0.25) is 0 Å². The highest BCUT2D eigenvalue weighted by molar-refractivity contribution is 5.67. The SMILES string of the molecule is CCCCCCC[C@@H](C)C[C@@H](CN)CC(=O)O. The molecular formula is C14H29NO2. The van der Waals surface area contributed by atoms with Gasteiger partial charge in [0.2, 0.25) is 0 Å². The average Bonchev–Trinajstić information content (AvgIpc) is 2.27. The molecule has 0 radical (unpaired) electrons. The summed E-state index contributed by atoms with van der Waals surface area (Å²) in [6, 6.07) is 0. The maximum absolute atomic E-state index is 10.6. The minimum atomic E-state index is -0.726. The van der Waals surface area contributed by atoms with Crippen LogP contribution >= 0.6 is 0 Å². The van der Waals surface area contributed by atoms with Crippen LogP contribution in [0.5, 0.6) is 0 Å². The first-order chi connectivity index (χ1) is 8.10. The van der Waals surface area contributed by atoms with Crippen molar-refractivity contribution >= 4 is 5.97 Å². The first-order valence-corrected chi connectivity index (χ1v) is 7.02. The number of rotatable bonds is 11. The third kappa shape index (κ3) is 10.3. The summed E-state index contributed by atoms with van der Waals surface area (Å²) >= 11 is 0. The minimum Gasteiger partial charge on any atom is -0.481 e. The topological polar surface area (TPSA) is 63.3 Å². The molecule has 102 valence electrons. The van der Waals surface area contributed by atoms with E-state index in [1.165, 1.54) is 38.5 Å². The smallest absolute Gasteiger partial charge is 0.303 e. The van der Waals surface area contributed by atoms with E-state index >= 15 is 0 Å². The van der Waals surface area contributed by atoms with Crippen LogP contribution in [0.3, 0.4) is 0 Å². The lowest BCUT2D eigenvalue weighted by Gasteiger charge is -2.17. The van der Waals surface area contributed by atoms with Crippen LogP contribution in [0.25, 0.3) is 0 Å². The Bertz CT molecular complexity index is 195. The van der Waals surface area contributed by atoms with Crippen molar-refractivity contribution in [3.63, 3.8) is 0 Å². The summed E-state index contributed by atoms with van der Waals surface area (Å²) in [4.78, 5) is 10.6. The summed E-state index contributed by atoms with van der Waals surface area (Å²) in [6.45, 7) is 4.93. The predicted molar refractivity (Wildman–Crippen MR) is 72.0 cm³/mol. The summed E-state index contributed by atoms with van der Waals surface area (Å²) in [5.41, 5.74) is 5.60. The molecule has 0 rings (SSSR count). The normalized spacial score (nSPS) is 14.5. The molecule has 0 saturated heterocycles. The van der Waals surface area contributed by atoms with E-state index in [1.807, 2.05) is 0 Å². The van der Waals surface area contributed by atoms with Crippen molar-refractivity contribution in [3.8, 4) is 0 Å². The second-order valence-electron chi connectivity index (χ2n) is 5.24. The summed E-state index contributed by atoms with van der Waals surface area (Å²) in [5.74, 6) is 0.0262. The molecule has 3 heteroatoms. The molecule has 2 atom stereocenters. The van der Waals surface area contributed by atoms with Gasteiger partial charge in [0, 0.05) is 6.42 Å². The monoisotopic (exact) mass is 243 g/mol. The highest BCUT2D eigenvalue weighted by Crippen LogP contribution is 2.20. The standard InChI is InChI=1S/C14H29NO2/c1-3-4-5-6-7-8-12(2)9-13(11-15)10-14(16)17/h12-13H,3-11,15H2,1-2H3,(H,16,17)/t12-,13-/m1/s1. The maximum atomic E-state index is 10.6. The maximum Gasteiger partial charge on any atom is 0.303 e. The molecule has 3 nitrogen and oxygen atoms in total. The Morgan fingerprint density at radius 2 is 1.88 bits per heavy atom. The Morgan fingerprint density at radius 1 is 1.24 bits per heavy atom. The Labute approximate surface area is 106 Å². The van der Waals surface area contributed by atoms with Gasteiger partial charge < -0.3 is 10.8 Å². The average molecular weight is 243 g/mol. The van der Waals surface area contributed by atoms with E-state index in [-0.39, 0.29) is 12.3 Å². The van der Waals surface area contributed by atoms with Crippen LogP contribution < -0.4 is 5.73 Å². The molecule has 0 saturated carbocycles. The van der Waals surface area contributed by atoms with E-state index in [0.29, 0.717) is 12.5 Å². The number of hydrogen-bond donors (Lipinski definition) is 2. The number of hydrogen-bond acceptors (Lipinski definition) is 2. The van der Waals surface area contributed by atoms with Crippen LogP contribution in [0.15, 0.2) is 0 Å². The zero-order valence-corrected chi connectivity index (χ0v) is 11.5. The molecule has 0 bridgehead atoms. The molecule has 0 aliphatic carbocycles. The van der Waals surface area contributed by atoms with Gasteiger partial charge in [0.1, 0.15) is 0 Å². The molecule has 0 aromatic carbocycles. The van der Waals surface area contributed by atoms with Gasteiger partial charge in [0.05, 0.1) is 0 Å². The minimum absolute atomic E-state index is 0.151. The van der Waals surface area contributed by atoms with Crippen molar-refractivity contribution < 1.29 is 9.90 Å². The van der Waals surface area contributed by atoms with Gasteiger partial charge in [0.15, 0.2) is 0 Å². The molecule has 0 aromatic rings. The van der Waals surface area contributed by atoms with Gasteiger partial charge in [0.25, 0.3) is 0 Å². The lowest BCUT2D eigenvalue weighted by Crippen LogP contribution is -2.20. The number of carboxylic acids is 1. The largest absolute Gasteiger partial charge is 0.481 e. The van der Waals surface area contributed by atoms with E-state index < -0.39 is 5.97 Å². The second-order valence-corrected chi connectivity index (χ2v) is 5.24. The van der Waals surface area contributed by atoms with Gasteiger partial charge in [-0.1, -0.05) is 52.4 Å². The van der Waals surface area contributed by atoms with E-state index in [1.54, 1.807) is 0 Å². The zero-order valence-electron chi connectivity index (χ0n) is 11.5. The Morgan fingerprint density at radius 3 is 2.41 bits per heavy atom. The number of aliphatic carboxylic acids is 1. The van der Waals surface area contributed by atoms with E-state index in [4.69, 9.17) is 10.8 Å². The number of carboxylic acid groups (broad SMARTS) is 1. The highest BCUT2D eigenvalue weighted by Gasteiger charge is 2.14. The first-order valence-electron chi connectivity index (χ1n) is 7.02. The molecular weight excluding hydrogens is 214 g/mol. The summed E-state index contributed by atoms with van der Waals surface area (Å²) in [5, 5.41) is 8.75. The van der Waals surface area contributed by atoms with Crippen molar-refractivity contribution in [2.75, 3.05) is 6.54 Å². The summed E-state index contributed by atoms with van der Waals surface area (Å²) < 4.78 is 0. The van der Waals surface area contributed by atoms with Gasteiger partial charge in [-0.15, -0.1) is 0 Å². The molecule has 0 fully saturated rings. The first kappa shape index (κ1) is 16.4. The van der Waals surface area contributed by atoms with Gasteiger partial charge in [-0.25, -0.2) is 0 Å².